The van der Waals surface area contributed by atoms with E-state index >= 15 is 0 Å². The van der Waals surface area contributed by atoms with E-state index in [0.717, 1.165) is 29.1 Å². The Balaban J connectivity index is 1.67. The van der Waals surface area contributed by atoms with Gasteiger partial charge in [-0.2, -0.15) is 0 Å². The number of benzene rings is 1. The van der Waals surface area contributed by atoms with E-state index in [0.29, 0.717) is 6.04 Å². The molecule has 1 fully saturated rings. The van der Waals surface area contributed by atoms with E-state index in [4.69, 9.17) is 0 Å². The van der Waals surface area contributed by atoms with Crippen LogP contribution in [0.25, 0.3) is 0 Å². The first-order valence-electron chi connectivity index (χ1n) is 7.21. The van der Waals surface area contributed by atoms with E-state index in [2.05, 4.69) is 54.3 Å². The fourth-order valence-corrected chi connectivity index (χ4v) is 2.57. The molecule has 0 unspecified atom stereocenters. The Morgan fingerprint density at radius 1 is 1.29 bits per heavy atom. The summed E-state index contributed by atoms with van der Waals surface area (Å²) in [6.07, 6.45) is 6.23. The van der Waals surface area contributed by atoms with Crippen LogP contribution in [0.5, 0.6) is 0 Å². The van der Waals surface area contributed by atoms with Crippen molar-refractivity contribution in [3.8, 4) is 0 Å². The highest BCUT2D eigenvalue weighted by molar-refractivity contribution is 9.10. The Morgan fingerprint density at radius 2 is 2.10 bits per heavy atom. The number of anilines is 1. The number of hydrogen-bond donors (Lipinski definition) is 1. The molecule has 5 heteroatoms. The van der Waals surface area contributed by atoms with Crippen LogP contribution >= 0.6 is 15.9 Å². The average molecular weight is 347 g/mol. The van der Waals surface area contributed by atoms with Crippen LogP contribution in [-0.2, 0) is 13.1 Å². The van der Waals surface area contributed by atoms with E-state index in [1.807, 2.05) is 25.5 Å². The lowest BCUT2D eigenvalue weighted by Gasteiger charge is -2.19. The van der Waals surface area contributed by atoms with Gasteiger partial charge >= 0.3 is 0 Å². The first-order valence-corrected chi connectivity index (χ1v) is 8.00. The van der Waals surface area contributed by atoms with Crippen molar-refractivity contribution in [2.75, 3.05) is 11.9 Å². The van der Waals surface area contributed by atoms with Crippen molar-refractivity contribution < 1.29 is 0 Å². The van der Waals surface area contributed by atoms with Gasteiger partial charge in [0.2, 0.25) is 0 Å². The Morgan fingerprint density at radius 3 is 2.86 bits per heavy atom. The van der Waals surface area contributed by atoms with Crippen LogP contribution in [-0.4, -0.2) is 23.1 Å². The third-order valence-electron chi connectivity index (χ3n) is 3.58. The molecule has 0 bridgehead atoms. The van der Waals surface area contributed by atoms with Crippen LogP contribution < -0.4 is 10.2 Å². The number of aromatic nitrogens is 2. The van der Waals surface area contributed by atoms with Gasteiger partial charge in [-0.15, -0.1) is 0 Å². The molecule has 1 saturated carbocycles. The first kappa shape index (κ1) is 14.5. The van der Waals surface area contributed by atoms with Gasteiger partial charge in [0.25, 0.3) is 0 Å². The summed E-state index contributed by atoms with van der Waals surface area (Å²) in [5.74, 6) is 0.904. The summed E-state index contributed by atoms with van der Waals surface area (Å²) in [6.45, 7) is 1.60. The zero-order chi connectivity index (χ0) is 14.7. The highest BCUT2D eigenvalue weighted by Gasteiger charge is 2.20. The predicted molar refractivity (Wildman–Crippen MR) is 88.1 cm³/mol. The third kappa shape index (κ3) is 4.02. The number of rotatable bonds is 6. The average Bonchev–Trinajstić information content (AvgIpc) is 3.32. The lowest BCUT2D eigenvalue weighted by molar-refractivity contribution is 0.670. The number of hydrogen-bond acceptors (Lipinski definition) is 4. The van der Waals surface area contributed by atoms with Crippen molar-refractivity contribution in [3.05, 3.63) is 52.4 Å². The number of nitrogens with zero attached hydrogens (tertiary/aromatic N) is 3. The summed E-state index contributed by atoms with van der Waals surface area (Å²) in [5, 5.41) is 3.47. The zero-order valence-electron chi connectivity index (χ0n) is 12.1. The SMILES string of the molecule is CN(Cc1ccccc1Br)c1cncc(CNC2CC2)n1. The summed E-state index contributed by atoms with van der Waals surface area (Å²) < 4.78 is 1.12. The molecule has 4 nitrogen and oxygen atoms in total. The number of nitrogens with one attached hydrogen (secondary N) is 1. The van der Waals surface area contributed by atoms with Crippen LogP contribution in [0.15, 0.2) is 41.1 Å². The fraction of sp³-hybridized carbons (Fsp3) is 0.375. The van der Waals surface area contributed by atoms with Gasteiger partial charge in [0, 0.05) is 36.8 Å². The van der Waals surface area contributed by atoms with Gasteiger partial charge in [-0.3, -0.25) is 4.98 Å². The summed E-state index contributed by atoms with van der Waals surface area (Å²) >= 11 is 3.59. The molecule has 1 aromatic carbocycles. The van der Waals surface area contributed by atoms with Crippen molar-refractivity contribution in [1.29, 1.82) is 0 Å². The summed E-state index contributed by atoms with van der Waals surface area (Å²) in [4.78, 5) is 11.1. The lowest BCUT2D eigenvalue weighted by atomic mass is 10.2. The molecular weight excluding hydrogens is 328 g/mol. The quantitative estimate of drug-likeness (QED) is 0.872. The maximum atomic E-state index is 4.68. The van der Waals surface area contributed by atoms with Crippen LogP contribution in [0, 0.1) is 0 Å². The fourth-order valence-electron chi connectivity index (χ4n) is 2.16. The van der Waals surface area contributed by atoms with E-state index in [9.17, 15) is 0 Å². The molecule has 21 heavy (non-hydrogen) atoms. The Bertz CT molecular complexity index is 613. The smallest absolute Gasteiger partial charge is 0.147 e. The minimum atomic E-state index is 0.688. The zero-order valence-corrected chi connectivity index (χ0v) is 13.7. The Hall–Kier alpha value is -1.46. The van der Waals surface area contributed by atoms with Crippen molar-refractivity contribution >= 4 is 21.7 Å². The standard InChI is InChI=1S/C16H19BrN4/c1-21(11-12-4-2-3-5-15(12)17)16-10-18-8-14(20-16)9-19-13-6-7-13/h2-5,8,10,13,19H,6-7,9,11H2,1H3. The van der Waals surface area contributed by atoms with Gasteiger partial charge in [-0.1, -0.05) is 34.1 Å². The second kappa shape index (κ2) is 6.54. The van der Waals surface area contributed by atoms with Crippen molar-refractivity contribution in [2.45, 2.75) is 32.0 Å². The molecule has 1 aromatic heterocycles. The second-order valence-electron chi connectivity index (χ2n) is 5.47. The van der Waals surface area contributed by atoms with E-state index in [-0.39, 0.29) is 0 Å². The maximum Gasteiger partial charge on any atom is 0.147 e. The number of halogens is 1. The highest BCUT2D eigenvalue weighted by atomic mass is 79.9. The Kier molecular flexibility index (Phi) is 4.51. The van der Waals surface area contributed by atoms with Crippen LogP contribution in [0.4, 0.5) is 5.82 Å². The molecule has 0 saturated heterocycles. The molecule has 110 valence electrons. The summed E-state index contributed by atoms with van der Waals surface area (Å²) in [6, 6.07) is 8.94. The predicted octanol–water partition coefficient (Wildman–Crippen LogP) is 3.13. The lowest BCUT2D eigenvalue weighted by Crippen LogP contribution is -2.21. The van der Waals surface area contributed by atoms with Gasteiger partial charge < -0.3 is 10.2 Å². The van der Waals surface area contributed by atoms with Gasteiger partial charge in [-0.05, 0) is 24.5 Å². The molecule has 3 rings (SSSR count). The molecule has 0 aliphatic heterocycles. The molecule has 2 aromatic rings. The second-order valence-corrected chi connectivity index (χ2v) is 6.33. The monoisotopic (exact) mass is 346 g/mol. The molecular formula is C16H19BrN4. The Labute approximate surface area is 133 Å². The topological polar surface area (TPSA) is 41.1 Å². The van der Waals surface area contributed by atoms with Crippen LogP contribution in [0.2, 0.25) is 0 Å². The molecule has 1 aliphatic rings. The summed E-state index contributed by atoms with van der Waals surface area (Å²) in [5.41, 5.74) is 2.24. The van der Waals surface area contributed by atoms with Crippen molar-refractivity contribution in [1.82, 2.24) is 15.3 Å². The van der Waals surface area contributed by atoms with Crippen molar-refractivity contribution in [2.24, 2.45) is 0 Å². The molecule has 0 atom stereocenters. The molecule has 0 amide bonds. The highest BCUT2D eigenvalue weighted by Crippen LogP contribution is 2.21. The van der Waals surface area contributed by atoms with Gasteiger partial charge in [0.05, 0.1) is 11.9 Å². The van der Waals surface area contributed by atoms with Crippen molar-refractivity contribution in [3.63, 3.8) is 0 Å². The van der Waals surface area contributed by atoms with Gasteiger partial charge in [-0.25, -0.2) is 4.98 Å². The van der Waals surface area contributed by atoms with Gasteiger partial charge in [0.15, 0.2) is 0 Å². The third-order valence-corrected chi connectivity index (χ3v) is 4.35. The van der Waals surface area contributed by atoms with E-state index in [1.54, 1.807) is 0 Å². The molecule has 1 N–H and O–H groups in total. The van der Waals surface area contributed by atoms with Crippen LogP contribution in [0.3, 0.4) is 0 Å². The van der Waals surface area contributed by atoms with Gasteiger partial charge in [0.1, 0.15) is 5.82 Å². The minimum absolute atomic E-state index is 0.688. The molecule has 1 heterocycles. The normalized spacial score (nSPS) is 14.2. The maximum absolute atomic E-state index is 4.68. The molecule has 0 spiro atoms. The minimum Gasteiger partial charge on any atom is -0.354 e. The summed E-state index contributed by atoms with van der Waals surface area (Å²) in [7, 11) is 2.04. The largest absolute Gasteiger partial charge is 0.354 e. The van der Waals surface area contributed by atoms with E-state index < -0.39 is 0 Å². The van der Waals surface area contributed by atoms with E-state index in [1.165, 1.54) is 18.4 Å². The molecule has 1 aliphatic carbocycles. The molecule has 0 radical (unpaired) electrons. The van der Waals surface area contributed by atoms with Crippen LogP contribution in [0.1, 0.15) is 24.1 Å². The first-order chi connectivity index (χ1) is 10.2.